The molecule has 11 atom stereocenters. The number of aliphatic hydroxyl groups is 2. The van der Waals surface area contributed by atoms with Gasteiger partial charge >= 0.3 is 0 Å². The number of carbonyl (C=O) groups excluding carboxylic acids is 1. The van der Waals surface area contributed by atoms with Crippen molar-refractivity contribution >= 4 is 16.0 Å². The van der Waals surface area contributed by atoms with Gasteiger partial charge in [0.2, 0.25) is 5.91 Å². The predicted octanol–water partition coefficient (Wildman–Crippen LogP) is 3.79. The summed E-state index contributed by atoms with van der Waals surface area (Å²) >= 11 is 0. The fraction of sp³-hybridized carbons (Fsp3) is 0.963. The molecule has 202 valence electrons. The van der Waals surface area contributed by atoms with Crippen LogP contribution in [0.3, 0.4) is 0 Å². The lowest BCUT2D eigenvalue weighted by atomic mass is 9.43. The van der Waals surface area contributed by atoms with E-state index in [0.29, 0.717) is 42.4 Å². The maximum Gasteiger partial charge on any atom is 0.266 e. The fourth-order valence-electron chi connectivity index (χ4n) is 9.42. The van der Waals surface area contributed by atoms with Gasteiger partial charge in [-0.15, -0.1) is 0 Å². The summed E-state index contributed by atoms with van der Waals surface area (Å²) in [5.41, 5.74) is 0.0949. The molecule has 0 radical (unpaired) electrons. The standard InChI is InChI=1S/C27H47NO6S/c1-16(5-10-25(31)28-17(2)15-35(32,33)34)21-8-9-22-20-7-6-18-13-19(29)11-12-26(18,3)23(20)14-24(30)27(21,22)4/h16-24,29-30H,5-15H2,1-4H3,(H,28,31)(H,32,33,34)/t16-,17-,18-,19-,20+,21-,22+,23+,24+,26+,27-/m1/s1. The zero-order chi connectivity index (χ0) is 25.8. The summed E-state index contributed by atoms with van der Waals surface area (Å²) in [5.74, 6) is 2.24. The molecule has 0 aromatic carbocycles. The molecule has 4 rings (SSSR count). The van der Waals surface area contributed by atoms with Gasteiger partial charge in [-0.2, -0.15) is 8.42 Å². The molecule has 0 unspecified atom stereocenters. The number of carbonyl (C=O) groups is 1. The molecular weight excluding hydrogens is 466 g/mol. The quantitative estimate of drug-likeness (QED) is 0.384. The van der Waals surface area contributed by atoms with Gasteiger partial charge in [0, 0.05) is 12.5 Å². The minimum Gasteiger partial charge on any atom is -0.393 e. The molecule has 0 heterocycles. The van der Waals surface area contributed by atoms with Crippen molar-refractivity contribution in [2.45, 2.75) is 110 Å². The maximum atomic E-state index is 12.4. The Labute approximate surface area is 211 Å². The summed E-state index contributed by atoms with van der Waals surface area (Å²) in [6, 6.07) is -0.629. The van der Waals surface area contributed by atoms with E-state index in [9.17, 15) is 23.4 Å². The van der Waals surface area contributed by atoms with Crippen molar-refractivity contribution in [3.05, 3.63) is 0 Å². The second kappa shape index (κ2) is 9.88. The normalized spacial score (nSPS) is 45.1. The number of hydrogen-bond acceptors (Lipinski definition) is 5. The van der Waals surface area contributed by atoms with Crippen LogP contribution in [0.15, 0.2) is 0 Å². The van der Waals surface area contributed by atoms with Crippen LogP contribution in [-0.2, 0) is 14.9 Å². The van der Waals surface area contributed by atoms with E-state index in [4.69, 9.17) is 4.55 Å². The summed E-state index contributed by atoms with van der Waals surface area (Å²) in [6.07, 6.45) is 8.89. The highest BCUT2D eigenvalue weighted by Gasteiger charge is 2.63. The van der Waals surface area contributed by atoms with Crippen molar-refractivity contribution in [3.8, 4) is 0 Å². The SMILES string of the molecule is C[C@H](CS(=O)(=O)O)NC(=O)CC[C@@H](C)[C@H]1CC[C@H]2[C@@H]3CC[C@@H]4C[C@H](O)CC[C@]4(C)[C@H]3C[C@H](O)[C@]12C. The lowest BCUT2D eigenvalue weighted by molar-refractivity contribution is -0.174. The molecule has 8 heteroatoms. The van der Waals surface area contributed by atoms with E-state index in [2.05, 4.69) is 26.1 Å². The van der Waals surface area contributed by atoms with E-state index in [1.54, 1.807) is 6.92 Å². The molecule has 4 fully saturated rings. The Kier molecular flexibility index (Phi) is 7.72. The third-order valence-electron chi connectivity index (χ3n) is 11.2. The van der Waals surface area contributed by atoms with Crippen LogP contribution in [-0.4, -0.2) is 53.1 Å². The van der Waals surface area contributed by atoms with E-state index in [1.807, 2.05) is 0 Å². The van der Waals surface area contributed by atoms with Gasteiger partial charge in [-0.25, -0.2) is 0 Å². The Morgan fingerprint density at radius 2 is 1.74 bits per heavy atom. The second-order valence-electron chi connectivity index (χ2n) is 13.1. The zero-order valence-corrected chi connectivity index (χ0v) is 22.8. The summed E-state index contributed by atoms with van der Waals surface area (Å²) in [6.45, 7) is 8.52. The molecule has 7 nitrogen and oxygen atoms in total. The molecular formula is C27H47NO6S. The third-order valence-corrected chi connectivity index (χ3v) is 12.1. The molecule has 1 amide bonds. The monoisotopic (exact) mass is 513 g/mol. The largest absolute Gasteiger partial charge is 0.393 e. The average molecular weight is 514 g/mol. The molecule has 0 spiro atoms. The smallest absolute Gasteiger partial charge is 0.266 e. The molecule has 0 aromatic heterocycles. The summed E-state index contributed by atoms with van der Waals surface area (Å²) < 4.78 is 31.1. The highest BCUT2D eigenvalue weighted by atomic mass is 32.2. The molecule has 4 aliphatic rings. The van der Waals surface area contributed by atoms with Crippen molar-refractivity contribution in [2.75, 3.05) is 5.75 Å². The average Bonchev–Trinajstić information content (AvgIpc) is 3.11. The van der Waals surface area contributed by atoms with E-state index in [0.717, 1.165) is 38.5 Å². The zero-order valence-electron chi connectivity index (χ0n) is 21.9. The first-order valence-electron chi connectivity index (χ1n) is 13.9. The first-order valence-corrected chi connectivity index (χ1v) is 15.5. The van der Waals surface area contributed by atoms with Gasteiger partial charge in [-0.3, -0.25) is 9.35 Å². The number of rotatable bonds is 7. The molecule has 4 saturated carbocycles. The number of amides is 1. The topological polar surface area (TPSA) is 124 Å². The number of aliphatic hydroxyl groups excluding tert-OH is 2. The van der Waals surface area contributed by atoms with Gasteiger partial charge in [-0.05, 0) is 111 Å². The Morgan fingerprint density at radius 1 is 1.03 bits per heavy atom. The Balaban J connectivity index is 1.40. The molecule has 0 bridgehead atoms. The van der Waals surface area contributed by atoms with Crippen molar-refractivity contribution in [3.63, 3.8) is 0 Å². The fourth-order valence-corrected chi connectivity index (χ4v) is 10.1. The van der Waals surface area contributed by atoms with Crippen molar-refractivity contribution in [1.29, 1.82) is 0 Å². The van der Waals surface area contributed by atoms with E-state index in [-0.39, 0.29) is 34.9 Å². The highest BCUT2D eigenvalue weighted by Crippen LogP contribution is 2.68. The number of hydrogen-bond donors (Lipinski definition) is 4. The second-order valence-corrected chi connectivity index (χ2v) is 14.6. The maximum absolute atomic E-state index is 12.4. The summed E-state index contributed by atoms with van der Waals surface area (Å²) in [4.78, 5) is 12.4. The van der Waals surface area contributed by atoms with Crippen LogP contribution in [0.1, 0.15) is 91.9 Å². The number of nitrogens with one attached hydrogen (secondary N) is 1. The molecule has 0 saturated heterocycles. The Hall–Kier alpha value is -0.700. The first kappa shape index (κ1) is 27.3. The molecule has 0 aromatic rings. The molecule has 35 heavy (non-hydrogen) atoms. The minimum absolute atomic E-state index is 0.132. The van der Waals surface area contributed by atoms with Crippen LogP contribution in [0.5, 0.6) is 0 Å². The van der Waals surface area contributed by atoms with Crippen LogP contribution in [0.25, 0.3) is 0 Å². The van der Waals surface area contributed by atoms with Gasteiger partial charge in [-0.1, -0.05) is 20.8 Å². The summed E-state index contributed by atoms with van der Waals surface area (Å²) in [7, 11) is -4.12. The van der Waals surface area contributed by atoms with Crippen LogP contribution in [0, 0.1) is 46.3 Å². The Bertz CT molecular complexity index is 894. The van der Waals surface area contributed by atoms with E-state index < -0.39 is 21.9 Å². The first-order chi connectivity index (χ1) is 16.3. The molecule has 4 aliphatic carbocycles. The van der Waals surface area contributed by atoms with Gasteiger partial charge in [0.1, 0.15) is 0 Å². The van der Waals surface area contributed by atoms with Gasteiger partial charge in [0.25, 0.3) is 10.1 Å². The van der Waals surface area contributed by atoms with Crippen molar-refractivity contribution in [1.82, 2.24) is 5.32 Å². The van der Waals surface area contributed by atoms with Crippen molar-refractivity contribution < 1.29 is 28.0 Å². The van der Waals surface area contributed by atoms with Crippen LogP contribution in [0.4, 0.5) is 0 Å². The minimum atomic E-state index is -4.12. The van der Waals surface area contributed by atoms with Gasteiger partial charge in [0.15, 0.2) is 0 Å². The van der Waals surface area contributed by atoms with Crippen molar-refractivity contribution in [2.24, 2.45) is 46.3 Å². The third kappa shape index (κ3) is 5.19. The lowest BCUT2D eigenvalue weighted by Gasteiger charge is -2.62. The van der Waals surface area contributed by atoms with E-state index >= 15 is 0 Å². The van der Waals surface area contributed by atoms with Crippen LogP contribution in [0.2, 0.25) is 0 Å². The van der Waals surface area contributed by atoms with E-state index in [1.165, 1.54) is 12.8 Å². The molecule has 0 aliphatic heterocycles. The lowest BCUT2D eigenvalue weighted by Crippen LogP contribution is -2.58. The van der Waals surface area contributed by atoms with Gasteiger partial charge < -0.3 is 15.5 Å². The highest BCUT2D eigenvalue weighted by molar-refractivity contribution is 7.85. The van der Waals surface area contributed by atoms with Gasteiger partial charge in [0.05, 0.1) is 18.0 Å². The molecule has 4 N–H and O–H groups in total. The predicted molar refractivity (Wildman–Crippen MR) is 135 cm³/mol. The number of fused-ring (bicyclic) bond motifs is 5. The summed E-state index contributed by atoms with van der Waals surface area (Å²) in [5, 5.41) is 24.6. The van der Waals surface area contributed by atoms with Crippen LogP contribution < -0.4 is 5.32 Å². The van der Waals surface area contributed by atoms with Crippen LogP contribution >= 0.6 is 0 Å². The Morgan fingerprint density at radius 3 is 2.43 bits per heavy atom.